The number of carbonyl (C=O) groups is 3. The van der Waals surface area contributed by atoms with E-state index in [1.54, 1.807) is 32.9 Å². The van der Waals surface area contributed by atoms with E-state index < -0.39 is 36.0 Å². The number of benzene rings is 1. The molecule has 9 heteroatoms. The molecule has 1 aromatic heterocycles. The van der Waals surface area contributed by atoms with Crippen molar-refractivity contribution in [3.63, 3.8) is 0 Å². The second-order valence-corrected chi connectivity index (χ2v) is 7.40. The molecule has 0 unspecified atom stereocenters. The number of carboxylic acid groups (broad SMARTS) is 1. The molecule has 0 saturated carbocycles. The zero-order chi connectivity index (χ0) is 23.1. The zero-order valence-electron chi connectivity index (χ0n) is 18.1. The lowest BCUT2D eigenvalue weighted by molar-refractivity contribution is -0.309. The van der Waals surface area contributed by atoms with Crippen molar-refractivity contribution < 1.29 is 28.6 Å². The molecule has 9 nitrogen and oxygen atoms in total. The van der Waals surface area contributed by atoms with E-state index in [0.717, 1.165) is 11.1 Å². The van der Waals surface area contributed by atoms with E-state index in [-0.39, 0.29) is 12.5 Å². The van der Waals surface area contributed by atoms with E-state index in [1.807, 2.05) is 6.92 Å². The van der Waals surface area contributed by atoms with Gasteiger partial charge in [-0.1, -0.05) is 27.2 Å². The standard InChI is InChI=1S/C22H28N2O7/c1-5-13(4)21(22(28)29)24-17(25)10-23-18(26)11-30-15-7-12(3)8-16-20(15)14(6-2)9-19(27)31-16/h7-9,13,21H,5-6,10-11H2,1-4H3,(H,23,26)(H,24,25)(H,28,29)/p-1/t13-,21-/m0/s1. The van der Waals surface area contributed by atoms with E-state index in [1.165, 1.54) is 6.07 Å². The van der Waals surface area contributed by atoms with Crippen LogP contribution in [0, 0.1) is 12.8 Å². The van der Waals surface area contributed by atoms with E-state index in [9.17, 15) is 24.3 Å². The Morgan fingerprint density at radius 2 is 1.87 bits per heavy atom. The van der Waals surface area contributed by atoms with Crippen molar-refractivity contribution in [3.05, 3.63) is 39.7 Å². The number of hydrogen-bond acceptors (Lipinski definition) is 7. The summed E-state index contributed by atoms with van der Waals surface area (Å²) in [6, 6.07) is 3.71. The Bertz CT molecular complexity index is 1030. The molecule has 0 saturated heterocycles. The van der Waals surface area contributed by atoms with Crippen LogP contribution in [0.4, 0.5) is 0 Å². The quantitative estimate of drug-likeness (QED) is 0.521. The van der Waals surface area contributed by atoms with Gasteiger partial charge in [0.2, 0.25) is 5.91 Å². The largest absolute Gasteiger partial charge is 0.548 e. The fourth-order valence-corrected chi connectivity index (χ4v) is 3.13. The van der Waals surface area contributed by atoms with Crippen molar-refractivity contribution in [2.45, 2.75) is 46.6 Å². The van der Waals surface area contributed by atoms with Crippen LogP contribution >= 0.6 is 0 Å². The first-order valence-electron chi connectivity index (χ1n) is 10.1. The highest BCUT2D eigenvalue weighted by atomic mass is 16.5. The highest BCUT2D eigenvalue weighted by molar-refractivity contribution is 5.89. The van der Waals surface area contributed by atoms with Crippen molar-refractivity contribution in [3.8, 4) is 5.75 Å². The van der Waals surface area contributed by atoms with Gasteiger partial charge in [-0.2, -0.15) is 0 Å². The first kappa shape index (κ1) is 23.9. The highest BCUT2D eigenvalue weighted by Crippen LogP contribution is 2.30. The molecular weight excluding hydrogens is 404 g/mol. The Morgan fingerprint density at radius 1 is 1.16 bits per heavy atom. The third-order valence-corrected chi connectivity index (χ3v) is 5.00. The molecule has 168 valence electrons. The number of carbonyl (C=O) groups excluding carboxylic acids is 3. The average Bonchev–Trinajstić information content (AvgIpc) is 2.72. The maximum absolute atomic E-state index is 12.1. The van der Waals surface area contributed by atoms with Gasteiger partial charge in [0.15, 0.2) is 6.61 Å². The minimum absolute atomic E-state index is 0.310. The van der Waals surface area contributed by atoms with Crippen LogP contribution in [0.2, 0.25) is 0 Å². The fraction of sp³-hybridized carbons (Fsp3) is 0.455. The van der Waals surface area contributed by atoms with Crippen LogP contribution in [0.3, 0.4) is 0 Å². The van der Waals surface area contributed by atoms with E-state index >= 15 is 0 Å². The van der Waals surface area contributed by atoms with Crippen LogP contribution in [-0.4, -0.2) is 37.0 Å². The Kier molecular flexibility index (Phi) is 8.18. The summed E-state index contributed by atoms with van der Waals surface area (Å²) in [5, 5.41) is 16.5. The molecule has 0 aliphatic rings. The molecule has 2 atom stereocenters. The molecule has 0 fully saturated rings. The van der Waals surface area contributed by atoms with Gasteiger partial charge in [-0.05, 0) is 42.5 Å². The van der Waals surface area contributed by atoms with Crippen molar-refractivity contribution in [2.24, 2.45) is 5.92 Å². The lowest BCUT2D eigenvalue weighted by Gasteiger charge is -2.25. The van der Waals surface area contributed by atoms with E-state index in [4.69, 9.17) is 9.15 Å². The van der Waals surface area contributed by atoms with Gasteiger partial charge in [-0.3, -0.25) is 9.59 Å². The van der Waals surface area contributed by atoms with Crippen LogP contribution in [0.15, 0.2) is 27.4 Å². The smallest absolute Gasteiger partial charge is 0.336 e. The van der Waals surface area contributed by atoms with Gasteiger partial charge >= 0.3 is 5.63 Å². The molecule has 31 heavy (non-hydrogen) atoms. The molecule has 0 aliphatic carbocycles. The molecule has 1 heterocycles. The molecule has 2 amide bonds. The SMILES string of the molecule is CCc1cc(=O)oc2cc(C)cc(OCC(=O)NCC(=O)N[C@H](C(=O)[O-])[C@@H](C)CC)c12. The minimum Gasteiger partial charge on any atom is -0.548 e. The Hall–Kier alpha value is -3.36. The number of fused-ring (bicyclic) bond motifs is 1. The third kappa shape index (κ3) is 6.31. The minimum atomic E-state index is -1.37. The third-order valence-electron chi connectivity index (χ3n) is 5.00. The lowest BCUT2D eigenvalue weighted by Crippen LogP contribution is -2.53. The maximum atomic E-state index is 12.1. The van der Waals surface area contributed by atoms with Crippen LogP contribution in [0.1, 0.15) is 38.3 Å². The van der Waals surface area contributed by atoms with Gasteiger partial charge in [0.1, 0.15) is 11.3 Å². The van der Waals surface area contributed by atoms with Crippen LogP contribution in [0.25, 0.3) is 11.0 Å². The van der Waals surface area contributed by atoms with E-state index in [0.29, 0.717) is 29.6 Å². The molecule has 2 rings (SSSR count). The molecule has 1 aromatic carbocycles. The summed E-state index contributed by atoms with van der Waals surface area (Å²) in [6.07, 6.45) is 1.12. The number of amides is 2. The first-order valence-corrected chi connectivity index (χ1v) is 10.1. The Balaban J connectivity index is 2.02. The Morgan fingerprint density at radius 3 is 2.48 bits per heavy atom. The van der Waals surface area contributed by atoms with Gasteiger partial charge in [-0.25, -0.2) is 4.79 Å². The monoisotopic (exact) mass is 431 g/mol. The van der Waals surface area contributed by atoms with Gasteiger partial charge in [-0.15, -0.1) is 0 Å². The molecule has 0 aliphatic heterocycles. The molecular formula is C22H27N2O7-. The summed E-state index contributed by atoms with van der Waals surface area (Å²) < 4.78 is 10.9. The van der Waals surface area contributed by atoms with Crippen LogP contribution in [-0.2, 0) is 20.8 Å². The van der Waals surface area contributed by atoms with Crippen LogP contribution < -0.4 is 26.1 Å². The number of rotatable bonds is 10. The summed E-state index contributed by atoms with van der Waals surface area (Å²) in [4.78, 5) is 47.0. The molecule has 2 N–H and O–H groups in total. The molecule has 0 bridgehead atoms. The van der Waals surface area contributed by atoms with E-state index in [2.05, 4.69) is 10.6 Å². The van der Waals surface area contributed by atoms with Gasteiger partial charge in [0, 0.05) is 6.07 Å². The number of nitrogens with one attached hydrogen (secondary N) is 2. The molecule has 2 aromatic rings. The van der Waals surface area contributed by atoms with Crippen molar-refractivity contribution in [1.82, 2.24) is 10.6 Å². The van der Waals surface area contributed by atoms with Gasteiger partial charge < -0.3 is 29.7 Å². The number of carboxylic acids is 1. The van der Waals surface area contributed by atoms with Crippen LogP contribution in [0.5, 0.6) is 5.75 Å². The maximum Gasteiger partial charge on any atom is 0.336 e. The average molecular weight is 431 g/mol. The first-order chi connectivity index (χ1) is 14.7. The summed E-state index contributed by atoms with van der Waals surface area (Å²) >= 11 is 0. The summed E-state index contributed by atoms with van der Waals surface area (Å²) in [5.41, 5.74) is 1.44. The molecule has 0 spiro atoms. The number of aryl methyl sites for hydroxylation is 2. The zero-order valence-corrected chi connectivity index (χ0v) is 18.1. The second kappa shape index (κ2) is 10.6. The summed E-state index contributed by atoms with van der Waals surface area (Å²) in [7, 11) is 0. The number of ether oxygens (including phenoxy) is 1. The van der Waals surface area contributed by atoms with Crippen molar-refractivity contribution in [1.29, 1.82) is 0 Å². The lowest BCUT2D eigenvalue weighted by atomic mass is 9.99. The summed E-state index contributed by atoms with van der Waals surface area (Å²) in [5.74, 6) is -2.49. The number of hydrogen-bond donors (Lipinski definition) is 2. The topological polar surface area (TPSA) is 138 Å². The highest BCUT2D eigenvalue weighted by Gasteiger charge is 2.20. The fourth-order valence-electron chi connectivity index (χ4n) is 3.13. The van der Waals surface area contributed by atoms with Crippen molar-refractivity contribution >= 4 is 28.8 Å². The molecule has 0 radical (unpaired) electrons. The summed E-state index contributed by atoms with van der Waals surface area (Å²) in [6.45, 7) is 6.42. The number of aliphatic carboxylic acids is 1. The normalized spacial score (nSPS) is 12.8. The van der Waals surface area contributed by atoms with Gasteiger partial charge in [0.25, 0.3) is 5.91 Å². The predicted molar refractivity (Wildman–Crippen MR) is 111 cm³/mol. The Labute approximate surface area is 179 Å². The second-order valence-electron chi connectivity index (χ2n) is 7.40. The predicted octanol–water partition coefficient (Wildman–Crippen LogP) is 0.440. The van der Waals surface area contributed by atoms with Gasteiger partial charge in [0.05, 0.1) is 23.9 Å². The van der Waals surface area contributed by atoms with Crippen molar-refractivity contribution in [2.75, 3.05) is 13.2 Å².